The molecule has 0 aromatic carbocycles. The Bertz CT molecular complexity index is 474. The number of nitrogens with zero attached hydrogens (tertiary/aromatic N) is 2. The summed E-state index contributed by atoms with van der Waals surface area (Å²) in [5.41, 5.74) is 1.79. The van der Waals surface area contributed by atoms with Crippen molar-refractivity contribution in [3.63, 3.8) is 0 Å². The Labute approximate surface area is 107 Å². The zero-order valence-corrected chi connectivity index (χ0v) is 11.1. The van der Waals surface area contributed by atoms with Crippen LogP contribution in [0.2, 0.25) is 0 Å². The molecule has 2 fully saturated rings. The van der Waals surface area contributed by atoms with E-state index in [1.807, 2.05) is 14.0 Å². The van der Waals surface area contributed by atoms with Gasteiger partial charge in [-0.15, -0.1) is 0 Å². The van der Waals surface area contributed by atoms with Crippen molar-refractivity contribution < 1.29 is 9.53 Å². The predicted molar refractivity (Wildman–Crippen MR) is 67.5 cm³/mol. The van der Waals surface area contributed by atoms with E-state index in [0.717, 1.165) is 43.5 Å². The summed E-state index contributed by atoms with van der Waals surface area (Å²) in [4.78, 5) is 12.6. The fraction of sp³-hybridized carbons (Fsp3) is 0.714. The van der Waals surface area contributed by atoms with Gasteiger partial charge in [0.2, 0.25) is 0 Å². The quantitative estimate of drug-likeness (QED) is 0.754. The molecule has 4 nitrogen and oxygen atoms in total. The molecule has 4 heteroatoms. The summed E-state index contributed by atoms with van der Waals surface area (Å²) in [6.07, 6.45) is 6.97. The number of hydrogen-bond acceptors (Lipinski definition) is 3. The predicted octanol–water partition coefficient (Wildman–Crippen LogP) is 2.26. The summed E-state index contributed by atoms with van der Waals surface area (Å²) >= 11 is 0. The molecular weight excluding hydrogens is 228 g/mol. The molecule has 1 saturated carbocycles. The standard InChI is InChI=1S/C14H20N2O2/c1-10-12(9-15-16(10)2)13(17)11-4-7-18-14(8-11)5-3-6-14/h9,11H,3-8H2,1-2H3. The molecule has 1 aliphatic carbocycles. The topological polar surface area (TPSA) is 44.1 Å². The highest BCUT2D eigenvalue weighted by molar-refractivity contribution is 5.98. The van der Waals surface area contributed by atoms with Crippen molar-refractivity contribution in [1.29, 1.82) is 0 Å². The van der Waals surface area contributed by atoms with Gasteiger partial charge < -0.3 is 4.74 Å². The monoisotopic (exact) mass is 248 g/mol. The second kappa shape index (κ2) is 4.19. The molecule has 1 atom stereocenters. The Kier molecular flexibility index (Phi) is 2.77. The van der Waals surface area contributed by atoms with E-state index in [1.165, 1.54) is 6.42 Å². The minimum Gasteiger partial charge on any atom is -0.375 e. The molecule has 18 heavy (non-hydrogen) atoms. The van der Waals surface area contributed by atoms with Crippen LogP contribution in [0.1, 0.15) is 48.2 Å². The van der Waals surface area contributed by atoms with Crippen molar-refractivity contribution in [3.8, 4) is 0 Å². The number of ether oxygens (including phenoxy) is 1. The molecule has 0 amide bonds. The summed E-state index contributed by atoms with van der Waals surface area (Å²) < 4.78 is 7.65. The van der Waals surface area contributed by atoms with Crippen LogP contribution in [-0.4, -0.2) is 27.8 Å². The third kappa shape index (κ3) is 1.79. The van der Waals surface area contributed by atoms with Gasteiger partial charge in [-0.05, 0) is 39.0 Å². The average molecular weight is 248 g/mol. The molecule has 3 rings (SSSR count). The Balaban J connectivity index is 1.78. The summed E-state index contributed by atoms with van der Waals surface area (Å²) in [6, 6.07) is 0. The zero-order chi connectivity index (χ0) is 12.8. The normalized spacial score (nSPS) is 26.0. The molecule has 1 aliphatic heterocycles. The first-order valence-electron chi connectivity index (χ1n) is 6.78. The molecule has 1 saturated heterocycles. The first-order chi connectivity index (χ1) is 8.61. The van der Waals surface area contributed by atoms with Crippen molar-refractivity contribution in [2.75, 3.05) is 6.61 Å². The average Bonchev–Trinajstić information content (AvgIpc) is 2.67. The molecule has 0 N–H and O–H groups in total. The van der Waals surface area contributed by atoms with Gasteiger partial charge in [-0.1, -0.05) is 0 Å². The molecule has 1 spiro atoms. The van der Waals surface area contributed by atoms with Crippen LogP contribution in [0.4, 0.5) is 0 Å². The molecule has 1 unspecified atom stereocenters. The van der Waals surface area contributed by atoms with Gasteiger partial charge >= 0.3 is 0 Å². The third-order valence-electron chi connectivity index (χ3n) is 4.63. The van der Waals surface area contributed by atoms with E-state index in [2.05, 4.69) is 5.10 Å². The number of rotatable bonds is 2. The highest BCUT2D eigenvalue weighted by atomic mass is 16.5. The zero-order valence-electron chi connectivity index (χ0n) is 11.1. The first-order valence-corrected chi connectivity index (χ1v) is 6.78. The van der Waals surface area contributed by atoms with Gasteiger partial charge in [0.25, 0.3) is 0 Å². The maximum absolute atomic E-state index is 12.6. The Morgan fingerprint density at radius 1 is 1.56 bits per heavy atom. The Hall–Kier alpha value is -1.16. The highest BCUT2D eigenvalue weighted by Gasteiger charge is 2.44. The lowest BCUT2D eigenvalue weighted by Crippen LogP contribution is -2.47. The van der Waals surface area contributed by atoms with E-state index in [1.54, 1.807) is 10.9 Å². The highest BCUT2D eigenvalue weighted by Crippen LogP contribution is 2.44. The van der Waals surface area contributed by atoms with E-state index in [-0.39, 0.29) is 17.3 Å². The van der Waals surface area contributed by atoms with E-state index >= 15 is 0 Å². The summed E-state index contributed by atoms with van der Waals surface area (Å²) in [6.45, 7) is 2.69. The Morgan fingerprint density at radius 3 is 2.89 bits per heavy atom. The maximum atomic E-state index is 12.6. The second-order valence-electron chi connectivity index (χ2n) is 5.71. The number of Topliss-reactive ketones (excluding diaryl/α,β-unsaturated/α-hetero) is 1. The fourth-order valence-corrected chi connectivity index (χ4v) is 3.13. The molecule has 2 heterocycles. The van der Waals surface area contributed by atoms with Crippen LogP contribution in [0.5, 0.6) is 0 Å². The lowest BCUT2D eigenvalue weighted by Gasteiger charge is -2.46. The van der Waals surface area contributed by atoms with E-state index < -0.39 is 0 Å². The van der Waals surface area contributed by atoms with Crippen molar-refractivity contribution in [3.05, 3.63) is 17.5 Å². The maximum Gasteiger partial charge on any atom is 0.169 e. The van der Waals surface area contributed by atoms with Crippen LogP contribution in [0.3, 0.4) is 0 Å². The van der Waals surface area contributed by atoms with Crippen LogP contribution in [0.15, 0.2) is 6.20 Å². The Morgan fingerprint density at radius 2 is 2.33 bits per heavy atom. The number of carbonyl (C=O) groups is 1. The molecule has 1 aromatic rings. The van der Waals surface area contributed by atoms with Gasteiger partial charge in [0, 0.05) is 25.3 Å². The van der Waals surface area contributed by atoms with E-state index in [0.29, 0.717) is 0 Å². The van der Waals surface area contributed by atoms with Crippen LogP contribution in [-0.2, 0) is 11.8 Å². The molecule has 2 aliphatic rings. The van der Waals surface area contributed by atoms with E-state index in [4.69, 9.17) is 4.74 Å². The van der Waals surface area contributed by atoms with Crippen molar-refractivity contribution in [1.82, 2.24) is 9.78 Å². The second-order valence-corrected chi connectivity index (χ2v) is 5.71. The van der Waals surface area contributed by atoms with Gasteiger partial charge in [-0.2, -0.15) is 5.10 Å². The molecule has 0 bridgehead atoms. The smallest absolute Gasteiger partial charge is 0.169 e. The van der Waals surface area contributed by atoms with Crippen LogP contribution >= 0.6 is 0 Å². The number of hydrogen-bond donors (Lipinski definition) is 0. The van der Waals surface area contributed by atoms with Crippen molar-refractivity contribution in [2.24, 2.45) is 13.0 Å². The summed E-state index contributed by atoms with van der Waals surface area (Å²) in [5, 5.41) is 4.17. The van der Waals surface area contributed by atoms with E-state index in [9.17, 15) is 4.79 Å². The number of ketones is 1. The SMILES string of the molecule is Cc1c(C(=O)C2CCOC3(CCC3)C2)cnn1C. The molecule has 98 valence electrons. The molecule has 1 aromatic heterocycles. The van der Waals surface area contributed by atoms with Crippen molar-refractivity contribution >= 4 is 5.78 Å². The van der Waals surface area contributed by atoms with Gasteiger partial charge in [-0.25, -0.2) is 0 Å². The number of aromatic nitrogens is 2. The molecule has 0 radical (unpaired) electrons. The van der Waals surface area contributed by atoms with Gasteiger partial charge in [0.15, 0.2) is 5.78 Å². The molecular formula is C14H20N2O2. The largest absolute Gasteiger partial charge is 0.375 e. The summed E-state index contributed by atoms with van der Waals surface area (Å²) in [5.74, 6) is 0.386. The lowest BCUT2D eigenvalue weighted by molar-refractivity contribution is -0.137. The number of carbonyl (C=O) groups excluding carboxylic acids is 1. The van der Waals surface area contributed by atoms with Crippen LogP contribution < -0.4 is 0 Å². The minimum absolute atomic E-state index is 0.0364. The first kappa shape index (κ1) is 11.9. The van der Waals surface area contributed by atoms with Crippen molar-refractivity contribution in [2.45, 2.75) is 44.6 Å². The number of aryl methyl sites for hydroxylation is 1. The van der Waals surface area contributed by atoms with Gasteiger partial charge in [0.1, 0.15) is 0 Å². The van der Waals surface area contributed by atoms with Crippen LogP contribution in [0, 0.1) is 12.8 Å². The van der Waals surface area contributed by atoms with Gasteiger partial charge in [0.05, 0.1) is 17.4 Å². The van der Waals surface area contributed by atoms with Crippen LogP contribution in [0.25, 0.3) is 0 Å². The third-order valence-corrected chi connectivity index (χ3v) is 4.63. The fourth-order valence-electron chi connectivity index (χ4n) is 3.13. The van der Waals surface area contributed by atoms with Gasteiger partial charge in [-0.3, -0.25) is 9.48 Å². The minimum atomic E-state index is 0.0364. The summed E-state index contributed by atoms with van der Waals surface area (Å²) in [7, 11) is 1.88. The lowest BCUT2D eigenvalue weighted by atomic mass is 9.70.